The third-order valence-corrected chi connectivity index (χ3v) is 5.85. The monoisotopic (exact) mass is 249 g/mol. The van der Waals surface area contributed by atoms with E-state index in [4.69, 9.17) is 0 Å². The second-order valence-electron chi connectivity index (χ2n) is 6.77. The van der Waals surface area contributed by atoms with Crippen molar-refractivity contribution in [1.29, 1.82) is 0 Å². The van der Waals surface area contributed by atoms with Crippen LogP contribution < -0.4 is 5.32 Å². The van der Waals surface area contributed by atoms with Gasteiger partial charge in [0.2, 0.25) is 0 Å². The first-order valence-electron chi connectivity index (χ1n) is 6.85. The SMILES string of the molecule is C[C@H]1Cc2ccsc2C2(CCC(C)(C)CC2)N1. The molecule has 0 amide bonds. The molecule has 1 aliphatic heterocycles. The first-order valence-corrected chi connectivity index (χ1v) is 7.73. The third-order valence-electron chi connectivity index (χ3n) is 4.69. The van der Waals surface area contributed by atoms with E-state index < -0.39 is 0 Å². The fourth-order valence-corrected chi connectivity index (χ4v) is 4.72. The summed E-state index contributed by atoms with van der Waals surface area (Å²) in [4.78, 5) is 1.64. The van der Waals surface area contributed by atoms with Gasteiger partial charge in [-0.05, 0) is 61.5 Å². The van der Waals surface area contributed by atoms with Crippen LogP contribution in [0.5, 0.6) is 0 Å². The van der Waals surface area contributed by atoms with Crippen molar-refractivity contribution in [1.82, 2.24) is 5.32 Å². The molecule has 0 aromatic carbocycles. The van der Waals surface area contributed by atoms with Crippen LogP contribution in [0.4, 0.5) is 0 Å². The molecule has 0 bridgehead atoms. The summed E-state index contributed by atoms with van der Waals surface area (Å²) in [7, 11) is 0. The Morgan fingerprint density at radius 3 is 2.65 bits per heavy atom. The number of rotatable bonds is 0. The van der Waals surface area contributed by atoms with Gasteiger partial charge in [-0.1, -0.05) is 13.8 Å². The molecule has 1 fully saturated rings. The molecule has 3 rings (SSSR count). The van der Waals surface area contributed by atoms with Gasteiger partial charge in [0.05, 0.1) is 5.54 Å². The lowest BCUT2D eigenvalue weighted by Crippen LogP contribution is -2.53. The Balaban J connectivity index is 1.94. The maximum absolute atomic E-state index is 3.92. The van der Waals surface area contributed by atoms with Crippen LogP contribution in [0.3, 0.4) is 0 Å². The first-order chi connectivity index (χ1) is 8.01. The van der Waals surface area contributed by atoms with Crippen LogP contribution in [0.25, 0.3) is 0 Å². The molecule has 0 saturated heterocycles. The van der Waals surface area contributed by atoms with Gasteiger partial charge in [-0.25, -0.2) is 0 Å². The lowest BCUT2D eigenvalue weighted by Gasteiger charge is -2.48. The van der Waals surface area contributed by atoms with Gasteiger partial charge in [0.25, 0.3) is 0 Å². The minimum absolute atomic E-state index is 0.316. The Hall–Kier alpha value is -0.340. The lowest BCUT2D eigenvalue weighted by molar-refractivity contribution is 0.119. The predicted molar refractivity (Wildman–Crippen MR) is 74.5 cm³/mol. The van der Waals surface area contributed by atoms with Crippen LogP contribution in [-0.4, -0.2) is 6.04 Å². The number of thiophene rings is 1. The Labute approximate surface area is 109 Å². The smallest absolute Gasteiger partial charge is 0.0534 e. The molecule has 2 heteroatoms. The predicted octanol–water partition coefficient (Wildman–Crippen LogP) is 4.08. The van der Waals surface area contributed by atoms with Gasteiger partial charge in [-0.15, -0.1) is 11.3 Å². The Kier molecular flexibility index (Phi) is 2.64. The molecule has 0 radical (unpaired) electrons. The van der Waals surface area contributed by atoms with Gasteiger partial charge >= 0.3 is 0 Å². The Morgan fingerprint density at radius 2 is 1.94 bits per heavy atom. The average Bonchev–Trinajstić information content (AvgIpc) is 2.71. The van der Waals surface area contributed by atoms with Crippen molar-refractivity contribution in [3.05, 3.63) is 21.9 Å². The van der Waals surface area contributed by atoms with E-state index in [-0.39, 0.29) is 0 Å². The molecular formula is C15H23NS. The van der Waals surface area contributed by atoms with Crippen molar-refractivity contribution in [3.63, 3.8) is 0 Å². The van der Waals surface area contributed by atoms with Crippen LogP contribution in [0, 0.1) is 5.41 Å². The molecule has 1 aromatic rings. The van der Waals surface area contributed by atoms with E-state index in [0.717, 1.165) is 0 Å². The minimum Gasteiger partial charge on any atom is -0.304 e. The summed E-state index contributed by atoms with van der Waals surface area (Å²) in [5.74, 6) is 0. The number of hydrogen-bond acceptors (Lipinski definition) is 2. The van der Waals surface area contributed by atoms with Crippen LogP contribution in [-0.2, 0) is 12.0 Å². The molecular weight excluding hydrogens is 226 g/mol. The van der Waals surface area contributed by atoms with Gasteiger partial charge in [-0.3, -0.25) is 0 Å². The quantitative estimate of drug-likeness (QED) is 0.730. The van der Waals surface area contributed by atoms with Crippen molar-refractivity contribution in [2.75, 3.05) is 0 Å². The summed E-state index contributed by atoms with van der Waals surface area (Å²) in [6.45, 7) is 7.17. The van der Waals surface area contributed by atoms with Crippen molar-refractivity contribution < 1.29 is 0 Å². The van der Waals surface area contributed by atoms with E-state index in [0.29, 0.717) is 17.0 Å². The molecule has 1 spiro atoms. The van der Waals surface area contributed by atoms with E-state index in [1.807, 2.05) is 11.3 Å². The van der Waals surface area contributed by atoms with Crippen molar-refractivity contribution >= 4 is 11.3 Å². The summed E-state index contributed by atoms with van der Waals surface area (Å²) in [6.07, 6.45) is 6.55. The van der Waals surface area contributed by atoms with Crippen LogP contribution in [0.1, 0.15) is 56.9 Å². The first kappa shape index (κ1) is 11.7. The highest BCUT2D eigenvalue weighted by molar-refractivity contribution is 7.10. The maximum Gasteiger partial charge on any atom is 0.0534 e. The highest BCUT2D eigenvalue weighted by Crippen LogP contribution is 2.49. The van der Waals surface area contributed by atoms with Gasteiger partial charge in [-0.2, -0.15) is 0 Å². The maximum atomic E-state index is 3.92. The molecule has 17 heavy (non-hydrogen) atoms. The minimum atomic E-state index is 0.316. The number of fused-ring (bicyclic) bond motifs is 2. The zero-order chi connectivity index (χ0) is 12.1. The standard InChI is InChI=1S/C15H23NS/c1-11-10-12-4-9-17-13(12)15(16-11)7-5-14(2,3)6-8-15/h4,9,11,16H,5-8,10H2,1-3H3/t11-/m0/s1. The van der Waals surface area contributed by atoms with Crippen LogP contribution >= 0.6 is 11.3 Å². The second-order valence-corrected chi connectivity index (χ2v) is 7.69. The van der Waals surface area contributed by atoms with E-state index in [1.165, 1.54) is 32.1 Å². The zero-order valence-corrected chi connectivity index (χ0v) is 12.0. The molecule has 94 valence electrons. The fourth-order valence-electron chi connectivity index (χ4n) is 3.56. The Morgan fingerprint density at radius 1 is 1.24 bits per heavy atom. The van der Waals surface area contributed by atoms with Crippen LogP contribution in [0.15, 0.2) is 11.4 Å². The van der Waals surface area contributed by atoms with Gasteiger partial charge in [0.15, 0.2) is 0 Å². The van der Waals surface area contributed by atoms with E-state index in [9.17, 15) is 0 Å². The summed E-state index contributed by atoms with van der Waals surface area (Å²) < 4.78 is 0. The molecule has 1 aromatic heterocycles. The molecule has 2 aliphatic rings. The topological polar surface area (TPSA) is 12.0 Å². The fraction of sp³-hybridized carbons (Fsp3) is 0.733. The highest BCUT2D eigenvalue weighted by atomic mass is 32.1. The zero-order valence-electron chi connectivity index (χ0n) is 11.2. The molecule has 2 heterocycles. The summed E-state index contributed by atoms with van der Waals surface area (Å²) >= 11 is 1.97. The number of nitrogens with one attached hydrogen (secondary N) is 1. The van der Waals surface area contributed by atoms with E-state index in [2.05, 4.69) is 37.5 Å². The lowest BCUT2D eigenvalue weighted by atomic mass is 9.67. The molecule has 0 unspecified atom stereocenters. The summed E-state index contributed by atoms with van der Waals surface area (Å²) in [6, 6.07) is 2.98. The average molecular weight is 249 g/mol. The second kappa shape index (κ2) is 3.83. The summed E-state index contributed by atoms with van der Waals surface area (Å²) in [5.41, 5.74) is 2.47. The Bertz CT molecular complexity index is 408. The van der Waals surface area contributed by atoms with Gasteiger partial charge in [0.1, 0.15) is 0 Å². The van der Waals surface area contributed by atoms with E-state index >= 15 is 0 Å². The van der Waals surface area contributed by atoms with Crippen molar-refractivity contribution in [2.24, 2.45) is 5.41 Å². The molecule has 1 nitrogen and oxygen atoms in total. The van der Waals surface area contributed by atoms with Gasteiger partial charge in [0, 0.05) is 10.9 Å². The third kappa shape index (κ3) is 1.96. The highest BCUT2D eigenvalue weighted by Gasteiger charge is 2.44. The summed E-state index contributed by atoms with van der Waals surface area (Å²) in [5, 5.41) is 6.21. The van der Waals surface area contributed by atoms with Gasteiger partial charge < -0.3 is 5.32 Å². The normalized spacial score (nSPS) is 30.2. The molecule has 1 saturated carbocycles. The van der Waals surface area contributed by atoms with Crippen molar-refractivity contribution in [3.8, 4) is 0 Å². The molecule has 1 atom stereocenters. The largest absolute Gasteiger partial charge is 0.304 e. The van der Waals surface area contributed by atoms with Crippen LogP contribution in [0.2, 0.25) is 0 Å². The number of hydrogen-bond donors (Lipinski definition) is 1. The van der Waals surface area contributed by atoms with Crippen molar-refractivity contribution in [2.45, 2.75) is 64.5 Å². The van der Waals surface area contributed by atoms with E-state index in [1.54, 1.807) is 10.4 Å². The molecule has 1 aliphatic carbocycles. The molecule has 1 N–H and O–H groups in total.